The van der Waals surface area contributed by atoms with Gasteiger partial charge in [-0.05, 0) is 50.9 Å². The first-order chi connectivity index (χ1) is 28.0. The number of hydrogen-bond donors (Lipinski definition) is 4. The first kappa shape index (κ1) is 55.4. The molecule has 0 radical (unpaired) electrons. The lowest BCUT2D eigenvalue weighted by atomic mass is 10.0. The number of phosphoric ester groups is 1. The minimum Gasteiger partial charge on any atom is -0.462 e. The summed E-state index contributed by atoms with van der Waals surface area (Å²) in [5.41, 5.74) is 0. The number of aliphatic hydroxyl groups excluding tert-OH is 3. The maximum Gasteiger partial charge on any atom is 0.472 e. The van der Waals surface area contributed by atoms with Crippen molar-refractivity contribution < 1.29 is 52.9 Å². The molecule has 4 atom stereocenters. The molecule has 0 saturated heterocycles. The van der Waals surface area contributed by atoms with E-state index in [1.54, 1.807) is 24.3 Å². The van der Waals surface area contributed by atoms with Crippen LogP contribution in [0.3, 0.4) is 0 Å². The van der Waals surface area contributed by atoms with Crippen molar-refractivity contribution in [1.29, 1.82) is 0 Å². The van der Waals surface area contributed by atoms with Gasteiger partial charge in [0.1, 0.15) is 12.7 Å². The standard InChI is InChI=1S/C46H79O11P/c1-4-5-6-7-8-9-10-11-15-18-21-24-28-33-42(48)34-29-26-31-36-46(51)57-44(40-56-58(52,53)55-38-43(49)37-47)39-54-45(50)35-30-25-22-19-16-13-12-14-17-20-23-27-32-41(2)3/h5-6,8-9,11,15,21,24,26,28-29,33,41-44,47-49H,4,7,10,12-14,16-20,22-23,25,27,30-32,34-40H2,1-3H3,(H,52,53)/b6-5-,9-8-,15-11-,24-21-,29-26-,33-28-/t42?,43-,44+/m0/s1. The Bertz CT molecular complexity index is 1220. The zero-order chi connectivity index (χ0) is 43.0. The predicted octanol–water partition coefficient (Wildman–Crippen LogP) is 10.5. The van der Waals surface area contributed by atoms with Gasteiger partial charge < -0.3 is 29.7 Å². The highest BCUT2D eigenvalue weighted by molar-refractivity contribution is 7.47. The Kier molecular flexibility index (Phi) is 38.0. The zero-order valence-corrected chi connectivity index (χ0v) is 36.9. The number of carbonyl (C=O) groups excluding carboxylic acids is 2. The average molecular weight is 839 g/mol. The molecule has 0 aromatic heterocycles. The van der Waals surface area contributed by atoms with Crippen molar-refractivity contribution in [3.8, 4) is 0 Å². The van der Waals surface area contributed by atoms with Crippen LogP contribution >= 0.6 is 7.82 Å². The second-order valence-corrected chi connectivity index (χ2v) is 16.5. The number of unbranched alkanes of at least 4 members (excludes halogenated alkanes) is 11. The summed E-state index contributed by atoms with van der Waals surface area (Å²) in [5, 5.41) is 28.5. The molecule has 0 amide bonds. The number of hydrogen-bond acceptors (Lipinski definition) is 10. The summed E-state index contributed by atoms with van der Waals surface area (Å²) in [7, 11) is -4.67. The summed E-state index contributed by atoms with van der Waals surface area (Å²) < 4.78 is 32.6. The van der Waals surface area contributed by atoms with Gasteiger partial charge in [-0.1, -0.05) is 171 Å². The van der Waals surface area contributed by atoms with E-state index in [-0.39, 0.29) is 19.4 Å². The predicted molar refractivity (Wildman–Crippen MR) is 234 cm³/mol. The molecule has 58 heavy (non-hydrogen) atoms. The molecule has 0 aromatic rings. The second kappa shape index (κ2) is 39.8. The summed E-state index contributed by atoms with van der Waals surface area (Å²) >= 11 is 0. The van der Waals surface area contributed by atoms with E-state index in [0.717, 1.165) is 50.9 Å². The van der Waals surface area contributed by atoms with Gasteiger partial charge in [0.25, 0.3) is 0 Å². The van der Waals surface area contributed by atoms with Gasteiger partial charge in [-0.3, -0.25) is 18.6 Å². The molecule has 12 heteroatoms. The van der Waals surface area contributed by atoms with Crippen LogP contribution in [-0.2, 0) is 32.7 Å². The average Bonchev–Trinajstić information content (AvgIpc) is 3.19. The third-order valence-electron chi connectivity index (χ3n) is 8.90. The lowest BCUT2D eigenvalue weighted by Crippen LogP contribution is -2.29. The number of rotatable bonds is 39. The highest BCUT2D eigenvalue weighted by Gasteiger charge is 2.27. The van der Waals surface area contributed by atoms with Crippen molar-refractivity contribution >= 4 is 19.8 Å². The summed E-state index contributed by atoms with van der Waals surface area (Å²) in [4.78, 5) is 35.0. The van der Waals surface area contributed by atoms with Crippen molar-refractivity contribution in [2.45, 2.75) is 174 Å². The van der Waals surface area contributed by atoms with Gasteiger partial charge >= 0.3 is 19.8 Å². The second-order valence-electron chi connectivity index (χ2n) is 15.0. The molecule has 0 aliphatic carbocycles. The molecule has 0 aliphatic rings. The van der Waals surface area contributed by atoms with E-state index in [1.165, 1.54) is 57.8 Å². The van der Waals surface area contributed by atoms with Crippen LogP contribution in [0.25, 0.3) is 0 Å². The largest absolute Gasteiger partial charge is 0.472 e. The third kappa shape index (κ3) is 40.2. The van der Waals surface area contributed by atoms with Crippen LogP contribution in [-0.4, -0.2) is 76.9 Å². The Balaban J connectivity index is 4.53. The molecular formula is C46H79O11P. The molecule has 0 heterocycles. The van der Waals surface area contributed by atoms with Gasteiger partial charge in [0.2, 0.25) is 0 Å². The summed E-state index contributed by atoms with van der Waals surface area (Å²) in [6.07, 6.45) is 40.5. The number of allylic oxidation sites excluding steroid dienone is 10. The van der Waals surface area contributed by atoms with Crippen LogP contribution in [0.4, 0.5) is 0 Å². The fourth-order valence-electron chi connectivity index (χ4n) is 5.52. The third-order valence-corrected chi connectivity index (χ3v) is 9.85. The first-order valence-electron chi connectivity index (χ1n) is 21.9. The maximum absolute atomic E-state index is 12.6. The van der Waals surface area contributed by atoms with E-state index in [1.807, 2.05) is 12.2 Å². The van der Waals surface area contributed by atoms with E-state index in [4.69, 9.17) is 19.1 Å². The molecule has 334 valence electrons. The number of phosphoric acid groups is 1. The van der Waals surface area contributed by atoms with Gasteiger partial charge in [-0.2, -0.15) is 0 Å². The molecule has 11 nitrogen and oxygen atoms in total. The number of aliphatic hydroxyl groups is 3. The smallest absolute Gasteiger partial charge is 0.462 e. The summed E-state index contributed by atoms with van der Waals surface area (Å²) in [5.74, 6) is -0.311. The monoisotopic (exact) mass is 839 g/mol. The Morgan fingerprint density at radius 3 is 1.78 bits per heavy atom. The van der Waals surface area contributed by atoms with Gasteiger partial charge in [0.15, 0.2) is 6.10 Å². The Labute approximate surface area is 351 Å². The van der Waals surface area contributed by atoms with Gasteiger partial charge in [0, 0.05) is 12.8 Å². The van der Waals surface area contributed by atoms with Crippen LogP contribution in [0.5, 0.6) is 0 Å². The minimum atomic E-state index is -4.67. The van der Waals surface area contributed by atoms with Crippen LogP contribution in [0, 0.1) is 5.92 Å². The molecule has 0 bridgehead atoms. The number of carbonyl (C=O) groups is 2. The minimum absolute atomic E-state index is 0.0246. The van der Waals surface area contributed by atoms with Crippen LogP contribution in [0.1, 0.15) is 156 Å². The Hall–Kier alpha value is -2.63. The lowest BCUT2D eigenvalue weighted by molar-refractivity contribution is -0.161. The van der Waals surface area contributed by atoms with Crippen LogP contribution in [0.2, 0.25) is 0 Å². The molecule has 0 fully saturated rings. The summed E-state index contributed by atoms with van der Waals surface area (Å²) in [6, 6.07) is 0. The van der Waals surface area contributed by atoms with E-state index in [9.17, 15) is 29.3 Å². The fourth-order valence-corrected chi connectivity index (χ4v) is 6.31. The molecule has 0 rings (SSSR count). The lowest BCUT2D eigenvalue weighted by Gasteiger charge is -2.20. The van der Waals surface area contributed by atoms with Gasteiger partial charge in [-0.15, -0.1) is 0 Å². The van der Waals surface area contributed by atoms with E-state index >= 15 is 0 Å². The van der Waals surface area contributed by atoms with Crippen molar-refractivity contribution in [2.75, 3.05) is 26.4 Å². The maximum atomic E-state index is 12.6. The number of ether oxygens (including phenoxy) is 2. The van der Waals surface area contributed by atoms with Gasteiger partial charge in [-0.25, -0.2) is 4.57 Å². The Morgan fingerprint density at radius 2 is 1.19 bits per heavy atom. The SMILES string of the molecule is CC/C=C\C/C=C\C/C=C\C/C=C\C=C/C(O)C/C=C\CCC(=O)O[C@H](COC(=O)CCCCCCCCCCCCCCC(C)C)COP(=O)(O)OC[C@@H](O)CO. The van der Waals surface area contributed by atoms with E-state index < -0.39 is 57.9 Å². The van der Waals surface area contributed by atoms with Crippen molar-refractivity contribution in [2.24, 2.45) is 5.92 Å². The van der Waals surface area contributed by atoms with Gasteiger partial charge in [0.05, 0.1) is 25.9 Å². The molecule has 0 aromatic carbocycles. The van der Waals surface area contributed by atoms with Crippen molar-refractivity contribution in [1.82, 2.24) is 0 Å². The van der Waals surface area contributed by atoms with Crippen molar-refractivity contribution in [3.05, 3.63) is 72.9 Å². The Morgan fingerprint density at radius 1 is 0.638 bits per heavy atom. The van der Waals surface area contributed by atoms with E-state index in [0.29, 0.717) is 19.3 Å². The van der Waals surface area contributed by atoms with E-state index in [2.05, 4.69) is 61.8 Å². The molecule has 0 saturated carbocycles. The normalized spacial score (nSPS) is 15.2. The molecular weight excluding hydrogens is 759 g/mol. The highest BCUT2D eigenvalue weighted by Crippen LogP contribution is 2.43. The van der Waals surface area contributed by atoms with Crippen molar-refractivity contribution in [3.63, 3.8) is 0 Å². The highest BCUT2D eigenvalue weighted by atomic mass is 31.2. The first-order valence-corrected chi connectivity index (χ1v) is 23.4. The molecule has 4 N–H and O–H groups in total. The van der Waals surface area contributed by atoms with Crippen LogP contribution < -0.4 is 0 Å². The molecule has 2 unspecified atom stereocenters. The molecule has 0 spiro atoms. The number of esters is 2. The fraction of sp³-hybridized carbons (Fsp3) is 0.696. The quantitative estimate of drug-likeness (QED) is 0.0153. The van der Waals surface area contributed by atoms with Crippen LogP contribution in [0.15, 0.2) is 72.9 Å². The topological polar surface area (TPSA) is 169 Å². The molecule has 0 aliphatic heterocycles. The summed E-state index contributed by atoms with van der Waals surface area (Å²) in [6.45, 7) is 4.37. The zero-order valence-electron chi connectivity index (χ0n) is 36.0.